The number of imide groups is 1. The van der Waals surface area contributed by atoms with E-state index in [0.717, 1.165) is 4.90 Å². The molecule has 1 heterocycles. The van der Waals surface area contributed by atoms with Crippen molar-refractivity contribution in [1.82, 2.24) is 10.2 Å². The van der Waals surface area contributed by atoms with Crippen molar-refractivity contribution in [3.8, 4) is 5.75 Å². The summed E-state index contributed by atoms with van der Waals surface area (Å²) in [5, 5.41) is 2.55. The molecule has 0 aromatic heterocycles. The van der Waals surface area contributed by atoms with E-state index >= 15 is 0 Å². The fourth-order valence-corrected chi connectivity index (χ4v) is 3.35. The molecule has 0 aliphatic carbocycles. The molecule has 0 radical (unpaired) electrons. The van der Waals surface area contributed by atoms with Gasteiger partial charge >= 0.3 is 5.97 Å². The van der Waals surface area contributed by atoms with Crippen LogP contribution in [0.15, 0.2) is 84.6 Å². The van der Waals surface area contributed by atoms with E-state index in [-0.39, 0.29) is 16.8 Å². The second kappa shape index (κ2) is 9.83. The summed E-state index contributed by atoms with van der Waals surface area (Å²) in [5.74, 6) is -1.90. The van der Waals surface area contributed by atoms with Crippen LogP contribution in [0.3, 0.4) is 0 Å². The van der Waals surface area contributed by atoms with E-state index in [1.54, 1.807) is 66.7 Å². The van der Waals surface area contributed by atoms with Gasteiger partial charge in [0.1, 0.15) is 11.4 Å². The maximum absolute atomic E-state index is 12.9. The summed E-state index contributed by atoms with van der Waals surface area (Å²) >= 11 is 0. The van der Waals surface area contributed by atoms with Gasteiger partial charge in [0.15, 0.2) is 6.73 Å². The monoisotopic (exact) mass is 456 g/mol. The molecular formula is C26H20N2O6. The number of hydrogen-bond donors (Lipinski definition) is 1. The fraction of sp³-hybridized carbons (Fsp3) is 0.0769. The number of ether oxygens (including phenoxy) is 2. The minimum absolute atomic E-state index is 0.157. The Morgan fingerprint density at radius 1 is 0.853 bits per heavy atom. The predicted molar refractivity (Wildman–Crippen MR) is 123 cm³/mol. The van der Waals surface area contributed by atoms with Crippen molar-refractivity contribution in [2.75, 3.05) is 13.8 Å². The van der Waals surface area contributed by atoms with Crippen LogP contribution in [-0.4, -0.2) is 42.4 Å². The van der Waals surface area contributed by atoms with E-state index in [4.69, 9.17) is 9.47 Å². The van der Waals surface area contributed by atoms with Crippen molar-refractivity contribution in [2.24, 2.45) is 0 Å². The lowest BCUT2D eigenvalue weighted by atomic mass is 10.1. The van der Waals surface area contributed by atoms with Gasteiger partial charge < -0.3 is 14.8 Å². The molecule has 1 aliphatic heterocycles. The average Bonchev–Trinajstić information content (AvgIpc) is 3.12. The third kappa shape index (κ3) is 4.71. The number of rotatable bonds is 7. The minimum atomic E-state index is -0.906. The second-order valence-electron chi connectivity index (χ2n) is 7.30. The molecule has 0 unspecified atom stereocenters. The van der Waals surface area contributed by atoms with Crippen LogP contribution in [0.1, 0.15) is 36.6 Å². The average molecular weight is 456 g/mol. The fourth-order valence-electron chi connectivity index (χ4n) is 3.35. The van der Waals surface area contributed by atoms with E-state index in [2.05, 4.69) is 5.32 Å². The van der Waals surface area contributed by atoms with Crippen molar-refractivity contribution < 1.29 is 28.7 Å². The second-order valence-corrected chi connectivity index (χ2v) is 7.30. The summed E-state index contributed by atoms with van der Waals surface area (Å²) < 4.78 is 10.4. The van der Waals surface area contributed by atoms with Crippen molar-refractivity contribution in [3.63, 3.8) is 0 Å². The maximum Gasteiger partial charge on any atom is 0.356 e. The van der Waals surface area contributed by atoms with E-state index in [1.807, 2.05) is 0 Å². The van der Waals surface area contributed by atoms with Gasteiger partial charge in [-0.2, -0.15) is 0 Å². The highest BCUT2D eigenvalue weighted by Gasteiger charge is 2.36. The molecule has 1 N–H and O–H groups in total. The molecule has 0 saturated carbocycles. The molecule has 0 atom stereocenters. The zero-order valence-electron chi connectivity index (χ0n) is 18.2. The first-order chi connectivity index (χ1) is 16.5. The molecule has 4 rings (SSSR count). The third-order valence-electron chi connectivity index (χ3n) is 5.13. The lowest BCUT2D eigenvalue weighted by Gasteiger charge is -2.15. The van der Waals surface area contributed by atoms with Crippen molar-refractivity contribution in [1.29, 1.82) is 0 Å². The van der Waals surface area contributed by atoms with Crippen LogP contribution in [0, 0.1) is 0 Å². The zero-order valence-corrected chi connectivity index (χ0v) is 18.2. The Bertz CT molecular complexity index is 1250. The molecule has 0 spiro atoms. The van der Waals surface area contributed by atoms with Crippen LogP contribution in [0.25, 0.3) is 6.08 Å². The third-order valence-corrected chi connectivity index (χ3v) is 5.13. The highest BCUT2D eigenvalue weighted by atomic mass is 16.5. The summed E-state index contributed by atoms with van der Waals surface area (Å²) in [6.45, 7) is -0.591. The molecule has 1 aliphatic rings. The molecule has 0 saturated heterocycles. The zero-order chi connectivity index (χ0) is 24.1. The number of benzene rings is 3. The number of fused-ring (bicyclic) bond motifs is 1. The SMILES string of the molecule is COc1ccc(/C=C(\NC(=O)c2ccccc2)C(=O)OCN2C(=O)c3ccccc3C2=O)cc1. The van der Waals surface area contributed by atoms with E-state index in [1.165, 1.54) is 25.3 Å². The van der Waals surface area contributed by atoms with E-state index < -0.39 is 30.4 Å². The smallest absolute Gasteiger partial charge is 0.356 e. The van der Waals surface area contributed by atoms with Gasteiger partial charge in [-0.05, 0) is 48.0 Å². The van der Waals surface area contributed by atoms with Crippen molar-refractivity contribution in [2.45, 2.75) is 0 Å². The first-order valence-electron chi connectivity index (χ1n) is 10.3. The van der Waals surface area contributed by atoms with Crippen LogP contribution in [0.2, 0.25) is 0 Å². The Morgan fingerprint density at radius 2 is 1.44 bits per heavy atom. The van der Waals surface area contributed by atoms with Crippen molar-refractivity contribution in [3.05, 3.63) is 107 Å². The number of methoxy groups -OCH3 is 1. The number of carbonyl (C=O) groups excluding carboxylic acids is 4. The summed E-state index contributed by atoms with van der Waals surface area (Å²) in [6.07, 6.45) is 1.44. The van der Waals surface area contributed by atoms with Gasteiger partial charge in [-0.1, -0.05) is 42.5 Å². The Labute approximate surface area is 195 Å². The Hall–Kier alpha value is -4.72. The maximum atomic E-state index is 12.9. The molecule has 0 fully saturated rings. The first kappa shape index (κ1) is 22.5. The predicted octanol–water partition coefficient (Wildman–Crippen LogP) is 3.26. The molecule has 3 aromatic rings. The quantitative estimate of drug-likeness (QED) is 0.333. The number of nitrogens with one attached hydrogen (secondary N) is 1. The van der Waals surface area contributed by atoms with Crippen molar-refractivity contribution >= 4 is 29.8 Å². The molecular weight excluding hydrogens is 436 g/mol. The van der Waals surface area contributed by atoms with Crippen LogP contribution >= 0.6 is 0 Å². The molecule has 170 valence electrons. The first-order valence-corrected chi connectivity index (χ1v) is 10.3. The van der Waals surface area contributed by atoms with Gasteiger partial charge in [0, 0.05) is 5.56 Å². The molecule has 3 aromatic carbocycles. The van der Waals surface area contributed by atoms with Crippen LogP contribution in [0.5, 0.6) is 5.75 Å². The van der Waals surface area contributed by atoms with Gasteiger partial charge in [0.2, 0.25) is 0 Å². The molecule has 34 heavy (non-hydrogen) atoms. The molecule has 8 heteroatoms. The van der Waals surface area contributed by atoms with Crippen LogP contribution in [-0.2, 0) is 9.53 Å². The Morgan fingerprint density at radius 3 is 2.03 bits per heavy atom. The standard InChI is InChI=1S/C26H20N2O6/c1-33-19-13-11-17(12-14-19)15-22(27-23(29)18-7-3-2-4-8-18)26(32)34-16-28-24(30)20-9-5-6-10-21(20)25(28)31/h2-15H,16H2,1H3,(H,27,29)/b22-15-. The van der Waals surface area contributed by atoms with E-state index in [9.17, 15) is 19.2 Å². The highest BCUT2D eigenvalue weighted by Crippen LogP contribution is 2.22. The van der Waals surface area contributed by atoms with Gasteiger partial charge in [0.25, 0.3) is 17.7 Å². The molecule has 0 bridgehead atoms. The highest BCUT2D eigenvalue weighted by molar-refractivity contribution is 6.21. The summed E-state index contributed by atoms with van der Waals surface area (Å²) in [7, 11) is 1.53. The van der Waals surface area contributed by atoms with E-state index in [0.29, 0.717) is 16.9 Å². The normalized spacial score (nSPS) is 12.9. The number of amides is 3. The van der Waals surface area contributed by atoms with Gasteiger partial charge in [0.05, 0.1) is 18.2 Å². The van der Waals surface area contributed by atoms with Gasteiger partial charge in [-0.25, -0.2) is 9.69 Å². The summed E-state index contributed by atoms with van der Waals surface area (Å²) in [5.41, 5.74) is 1.28. The number of esters is 1. The van der Waals surface area contributed by atoms with Crippen LogP contribution < -0.4 is 10.1 Å². The number of hydrogen-bond acceptors (Lipinski definition) is 6. The largest absolute Gasteiger partial charge is 0.497 e. The molecule has 8 nitrogen and oxygen atoms in total. The van der Waals surface area contributed by atoms with Crippen LogP contribution in [0.4, 0.5) is 0 Å². The van der Waals surface area contributed by atoms with Gasteiger partial charge in [-0.3, -0.25) is 14.4 Å². The topological polar surface area (TPSA) is 102 Å². The summed E-state index contributed by atoms with van der Waals surface area (Å²) in [6, 6.07) is 21.5. The number of nitrogens with zero attached hydrogens (tertiary/aromatic N) is 1. The Kier molecular flexibility index (Phi) is 6.49. The lowest BCUT2D eigenvalue weighted by Crippen LogP contribution is -2.35. The Balaban J connectivity index is 1.53. The van der Waals surface area contributed by atoms with Gasteiger partial charge in [-0.15, -0.1) is 0 Å². The molecule has 3 amide bonds. The number of carbonyl (C=O) groups is 4. The summed E-state index contributed by atoms with van der Waals surface area (Å²) in [4.78, 5) is 51.4. The lowest BCUT2D eigenvalue weighted by molar-refractivity contribution is -0.141. The minimum Gasteiger partial charge on any atom is -0.497 e.